The Labute approximate surface area is 187 Å². The molecule has 2 amide bonds. The average Bonchev–Trinajstić information content (AvgIpc) is 3.18. The minimum absolute atomic E-state index is 0.219. The van der Waals surface area contributed by atoms with Gasteiger partial charge >= 0.3 is 0 Å². The van der Waals surface area contributed by atoms with Crippen molar-refractivity contribution in [1.29, 1.82) is 0 Å². The first-order valence-corrected chi connectivity index (χ1v) is 11.3. The quantitative estimate of drug-likeness (QED) is 0.441. The minimum atomic E-state index is -0.844. The Kier molecular flexibility index (Phi) is 5.12. The normalized spacial score (nSPS) is 24.3. The summed E-state index contributed by atoms with van der Waals surface area (Å²) >= 11 is 0. The molecule has 2 aliphatic rings. The van der Waals surface area contributed by atoms with Crippen LogP contribution in [0.5, 0.6) is 5.75 Å². The van der Waals surface area contributed by atoms with Crippen LogP contribution in [0.15, 0.2) is 48.5 Å². The third kappa shape index (κ3) is 3.51. The average molecular weight is 433 g/mol. The van der Waals surface area contributed by atoms with Gasteiger partial charge in [-0.15, -0.1) is 0 Å². The zero-order valence-corrected chi connectivity index (χ0v) is 18.2. The van der Waals surface area contributed by atoms with Gasteiger partial charge in [-0.2, -0.15) is 0 Å². The fourth-order valence-corrected chi connectivity index (χ4v) is 5.24. The van der Waals surface area contributed by atoms with Crippen molar-refractivity contribution in [2.75, 3.05) is 6.54 Å². The predicted molar refractivity (Wildman–Crippen MR) is 121 cm³/mol. The van der Waals surface area contributed by atoms with E-state index in [4.69, 9.17) is 10.5 Å². The summed E-state index contributed by atoms with van der Waals surface area (Å²) in [4.78, 5) is 35.3. The van der Waals surface area contributed by atoms with Crippen LogP contribution in [0.3, 0.4) is 0 Å². The molecule has 0 radical (unpaired) electrons. The second-order valence-corrected chi connectivity index (χ2v) is 9.01. The Morgan fingerprint density at radius 1 is 1.19 bits per heavy atom. The SMILES string of the molecule is CC12CC(c3ccccc3O1)C(C(N)=O)C(=O)N2CCCCCc1nc2ccccc2[nH]1. The number of nitrogens with one attached hydrogen (secondary N) is 1. The molecule has 1 aromatic heterocycles. The van der Waals surface area contributed by atoms with Crippen LogP contribution in [-0.4, -0.2) is 39.0 Å². The number of fused-ring (bicyclic) bond motifs is 5. The number of nitrogens with zero attached hydrogens (tertiary/aromatic N) is 2. The van der Waals surface area contributed by atoms with Gasteiger partial charge in [0.1, 0.15) is 17.5 Å². The number of rotatable bonds is 7. The van der Waals surface area contributed by atoms with Crippen LogP contribution in [0.25, 0.3) is 11.0 Å². The van der Waals surface area contributed by atoms with Crippen molar-refractivity contribution in [3.05, 3.63) is 59.9 Å². The lowest BCUT2D eigenvalue weighted by atomic mass is 9.73. The number of primary amides is 1. The molecule has 7 heteroatoms. The molecule has 3 aromatic rings. The van der Waals surface area contributed by atoms with E-state index in [2.05, 4.69) is 9.97 Å². The molecule has 166 valence electrons. The Hall–Kier alpha value is -3.35. The largest absolute Gasteiger partial charge is 0.468 e. The van der Waals surface area contributed by atoms with Crippen LogP contribution in [-0.2, 0) is 16.0 Å². The van der Waals surface area contributed by atoms with Gasteiger partial charge in [0.05, 0.1) is 11.0 Å². The molecule has 7 nitrogen and oxygen atoms in total. The molecular formula is C25H28N4O3. The first-order valence-electron chi connectivity index (χ1n) is 11.3. The van der Waals surface area contributed by atoms with E-state index < -0.39 is 17.6 Å². The smallest absolute Gasteiger partial charge is 0.238 e. The number of unbranched alkanes of at least 4 members (excludes halogenated alkanes) is 2. The van der Waals surface area contributed by atoms with Crippen LogP contribution in [0.4, 0.5) is 0 Å². The number of para-hydroxylation sites is 3. The summed E-state index contributed by atoms with van der Waals surface area (Å²) in [5, 5.41) is 0. The summed E-state index contributed by atoms with van der Waals surface area (Å²) in [6.07, 6.45) is 4.16. The number of likely N-dealkylation sites (tertiary alicyclic amines) is 1. The van der Waals surface area contributed by atoms with Crippen molar-refractivity contribution in [2.45, 2.75) is 50.7 Å². The number of imidazole rings is 1. The van der Waals surface area contributed by atoms with Crippen molar-refractivity contribution >= 4 is 22.8 Å². The number of hydrogen-bond acceptors (Lipinski definition) is 4. The first-order chi connectivity index (χ1) is 15.5. The highest BCUT2D eigenvalue weighted by molar-refractivity contribution is 6.01. The second-order valence-electron chi connectivity index (χ2n) is 9.01. The van der Waals surface area contributed by atoms with Gasteiger partial charge in [-0.1, -0.05) is 36.8 Å². The van der Waals surface area contributed by atoms with Crippen molar-refractivity contribution in [3.63, 3.8) is 0 Å². The maximum atomic E-state index is 13.3. The Morgan fingerprint density at radius 3 is 2.78 bits per heavy atom. The fraction of sp³-hybridized carbons (Fsp3) is 0.400. The molecule has 1 saturated heterocycles. The third-order valence-electron chi connectivity index (χ3n) is 6.79. The van der Waals surface area contributed by atoms with Crippen LogP contribution in [0.1, 0.15) is 49.9 Å². The lowest BCUT2D eigenvalue weighted by Gasteiger charge is -2.52. The molecule has 0 spiro atoms. The molecule has 5 rings (SSSR count). The Balaban J connectivity index is 1.25. The van der Waals surface area contributed by atoms with Crippen LogP contribution >= 0.6 is 0 Å². The lowest BCUT2D eigenvalue weighted by Crippen LogP contribution is -2.64. The predicted octanol–water partition coefficient (Wildman–Crippen LogP) is 3.50. The van der Waals surface area contributed by atoms with E-state index in [1.165, 1.54) is 0 Å². The van der Waals surface area contributed by atoms with Gasteiger partial charge in [0.25, 0.3) is 0 Å². The zero-order valence-electron chi connectivity index (χ0n) is 18.2. The monoisotopic (exact) mass is 432 g/mol. The van der Waals surface area contributed by atoms with Gasteiger partial charge in [0.2, 0.25) is 11.8 Å². The molecule has 2 bridgehead atoms. The summed E-state index contributed by atoms with van der Waals surface area (Å²) in [5.41, 5.74) is 7.86. The molecule has 2 aromatic carbocycles. The van der Waals surface area contributed by atoms with Crippen LogP contribution in [0.2, 0.25) is 0 Å². The van der Waals surface area contributed by atoms with Crippen molar-refractivity contribution in [2.24, 2.45) is 11.7 Å². The molecule has 32 heavy (non-hydrogen) atoms. The number of H-pyrrole nitrogens is 1. The van der Waals surface area contributed by atoms with Gasteiger partial charge in [-0.25, -0.2) is 4.98 Å². The lowest BCUT2D eigenvalue weighted by molar-refractivity contribution is -0.175. The van der Waals surface area contributed by atoms with E-state index >= 15 is 0 Å². The highest BCUT2D eigenvalue weighted by atomic mass is 16.5. The number of carbonyl (C=O) groups excluding carboxylic acids is 2. The van der Waals surface area contributed by atoms with Crippen LogP contribution < -0.4 is 10.5 Å². The number of aromatic nitrogens is 2. The molecule has 3 heterocycles. The third-order valence-corrected chi connectivity index (χ3v) is 6.79. The highest BCUT2D eigenvalue weighted by Gasteiger charge is 2.55. The van der Waals surface area contributed by atoms with E-state index in [0.29, 0.717) is 13.0 Å². The number of carbonyl (C=O) groups is 2. The number of nitrogens with two attached hydrogens (primary N) is 1. The molecular weight excluding hydrogens is 404 g/mol. The van der Waals surface area contributed by atoms with E-state index in [1.54, 1.807) is 4.90 Å². The van der Waals surface area contributed by atoms with E-state index in [0.717, 1.165) is 53.9 Å². The number of piperidine rings is 1. The first kappa shape index (κ1) is 20.5. The maximum Gasteiger partial charge on any atom is 0.238 e. The summed E-state index contributed by atoms with van der Waals surface area (Å²) in [6.45, 7) is 2.48. The Bertz CT molecular complexity index is 1140. The van der Waals surface area contributed by atoms with Gasteiger partial charge < -0.3 is 20.4 Å². The number of amides is 2. The number of aryl methyl sites for hydroxylation is 1. The summed E-state index contributed by atoms with van der Waals surface area (Å²) < 4.78 is 6.30. The standard InChI is InChI=1S/C25H28N4O3/c1-25-15-17(16-9-4-7-12-20(16)32-25)22(23(26)30)24(31)29(25)14-8-2-3-13-21-27-18-10-5-6-11-19(18)28-21/h4-7,9-12,17,22H,2-3,8,13-15H2,1H3,(H2,26,30)(H,27,28). The van der Waals surface area contributed by atoms with E-state index in [-0.39, 0.29) is 11.8 Å². The molecule has 2 aliphatic heterocycles. The van der Waals surface area contributed by atoms with Gasteiger partial charge in [0, 0.05) is 25.3 Å². The second kappa shape index (κ2) is 7.97. The number of benzene rings is 2. The molecule has 0 aliphatic carbocycles. The maximum absolute atomic E-state index is 13.3. The molecule has 3 unspecified atom stereocenters. The topological polar surface area (TPSA) is 101 Å². The van der Waals surface area contributed by atoms with Gasteiger partial charge in [-0.3, -0.25) is 9.59 Å². The number of ether oxygens (including phenoxy) is 1. The molecule has 3 N–H and O–H groups in total. The van der Waals surface area contributed by atoms with Crippen LogP contribution in [0, 0.1) is 5.92 Å². The molecule has 0 saturated carbocycles. The summed E-state index contributed by atoms with van der Waals surface area (Å²) in [6, 6.07) is 15.7. The van der Waals surface area contributed by atoms with Crippen molar-refractivity contribution in [3.8, 4) is 5.75 Å². The molecule has 3 atom stereocenters. The summed E-state index contributed by atoms with van der Waals surface area (Å²) in [5.74, 6) is -0.143. The van der Waals surface area contributed by atoms with Gasteiger partial charge in [-0.05, 0) is 43.5 Å². The van der Waals surface area contributed by atoms with Gasteiger partial charge in [0.15, 0.2) is 5.72 Å². The van der Waals surface area contributed by atoms with E-state index in [9.17, 15) is 9.59 Å². The van der Waals surface area contributed by atoms with E-state index in [1.807, 2.05) is 55.5 Å². The number of aromatic amines is 1. The van der Waals surface area contributed by atoms with Crippen molar-refractivity contribution < 1.29 is 14.3 Å². The Morgan fingerprint density at radius 2 is 1.97 bits per heavy atom. The fourth-order valence-electron chi connectivity index (χ4n) is 5.24. The zero-order chi connectivity index (χ0) is 22.3. The van der Waals surface area contributed by atoms with Crippen molar-refractivity contribution in [1.82, 2.24) is 14.9 Å². The molecule has 1 fully saturated rings. The highest BCUT2D eigenvalue weighted by Crippen LogP contribution is 2.50. The minimum Gasteiger partial charge on any atom is -0.468 e. The summed E-state index contributed by atoms with van der Waals surface area (Å²) in [7, 11) is 0. The number of hydrogen-bond donors (Lipinski definition) is 2.